The van der Waals surface area contributed by atoms with Crippen molar-refractivity contribution < 1.29 is 19.5 Å². The highest BCUT2D eigenvalue weighted by atomic mass is 16.4. The van der Waals surface area contributed by atoms with Gasteiger partial charge in [0, 0.05) is 31.5 Å². The lowest BCUT2D eigenvalue weighted by molar-refractivity contribution is -0.137. The Bertz CT molecular complexity index is 413. The second-order valence-electron chi connectivity index (χ2n) is 5.76. The topological polar surface area (TPSA) is 98.7 Å². The number of fused-ring (bicyclic) bond motifs is 1. The maximum Gasteiger partial charge on any atom is 0.321 e. The number of nitrogens with one attached hydrogen (secondary N) is 2. The van der Waals surface area contributed by atoms with Gasteiger partial charge in [-0.1, -0.05) is 6.42 Å². The number of hydrogen-bond acceptors (Lipinski definition) is 4. The van der Waals surface area contributed by atoms with Gasteiger partial charge in [-0.3, -0.25) is 19.8 Å². The number of amides is 3. The molecular weight excluding hydrogens is 274 g/mol. The third kappa shape index (κ3) is 4.70. The van der Waals surface area contributed by atoms with E-state index < -0.39 is 17.9 Å². The number of piperidine rings is 1. The van der Waals surface area contributed by atoms with Gasteiger partial charge in [0.25, 0.3) is 0 Å². The summed E-state index contributed by atoms with van der Waals surface area (Å²) in [6, 6.07) is 0.0384. The molecule has 0 saturated carbocycles. The standard InChI is InChI=1S/C14H23N3O4/c18-12(5-3-6-13(19)20)16-14(21)15-10-7-9-17-8-2-1-4-11(10)17/h10-11H,1-9H2,(H,19,20)(H2,15,16,18,21). The van der Waals surface area contributed by atoms with Gasteiger partial charge in [0.05, 0.1) is 0 Å². The predicted molar refractivity (Wildman–Crippen MR) is 75.8 cm³/mol. The quantitative estimate of drug-likeness (QED) is 0.693. The first-order chi connectivity index (χ1) is 10.1. The van der Waals surface area contributed by atoms with Gasteiger partial charge in [0.15, 0.2) is 0 Å². The second-order valence-corrected chi connectivity index (χ2v) is 5.76. The molecule has 0 radical (unpaired) electrons. The molecule has 0 bridgehead atoms. The van der Waals surface area contributed by atoms with E-state index in [0.29, 0.717) is 6.04 Å². The Hall–Kier alpha value is -1.63. The third-order valence-corrected chi connectivity index (χ3v) is 4.22. The molecule has 0 aliphatic carbocycles. The molecule has 2 aliphatic heterocycles. The van der Waals surface area contributed by atoms with Gasteiger partial charge in [0.1, 0.15) is 0 Å². The maximum atomic E-state index is 11.8. The van der Waals surface area contributed by atoms with Crippen molar-refractivity contribution in [3.8, 4) is 0 Å². The van der Waals surface area contributed by atoms with Crippen LogP contribution in [0.5, 0.6) is 0 Å². The van der Waals surface area contributed by atoms with Crippen LogP contribution in [0, 0.1) is 0 Å². The highest BCUT2D eigenvalue weighted by Crippen LogP contribution is 2.26. The summed E-state index contributed by atoms with van der Waals surface area (Å²) in [5.74, 6) is -1.36. The minimum Gasteiger partial charge on any atom is -0.481 e. The van der Waals surface area contributed by atoms with Crippen molar-refractivity contribution in [2.45, 2.75) is 57.0 Å². The van der Waals surface area contributed by atoms with E-state index >= 15 is 0 Å². The van der Waals surface area contributed by atoms with Crippen LogP contribution in [0.4, 0.5) is 4.79 Å². The van der Waals surface area contributed by atoms with Crippen molar-refractivity contribution in [3.05, 3.63) is 0 Å². The van der Waals surface area contributed by atoms with Crippen LogP contribution in [0.2, 0.25) is 0 Å². The molecule has 3 N–H and O–H groups in total. The lowest BCUT2D eigenvalue weighted by Crippen LogP contribution is -2.50. The Labute approximate surface area is 124 Å². The van der Waals surface area contributed by atoms with Crippen molar-refractivity contribution in [2.24, 2.45) is 0 Å². The van der Waals surface area contributed by atoms with Crippen molar-refractivity contribution >= 4 is 17.9 Å². The summed E-state index contributed by atoms with van der Waals surface area (Å²) in [5.41, 5.74) is 0. The molecule has 21 heavy (non-hydrogen) atoms. The van der Waals surface area contributed by atoms with Gasteiger partial charge < -0.3 is 10.4 Å². The van der Waals surface area contributed by atoms with Gasteiger partial charge in [-0.2, -0.15) is 0 Å². The smallest absolute Gasteiger partial charge is 0.321 e. The highest BCUT2D eigenvalue weighted by Gasteiger charge is 2.36. The molecule has 0 aromatic rings. The molecule has 2 saturated heterocycles. The summed E-state index contributed by atoms with van der Waals surface area (Å²) < 4.78 is 0. The number of imide groups is 1. The molecule has 118 valence electrons. The molecule has 2 unspecified atom stereocenters. The number of carboxylic acid groups (broad SMARTS) is 1. The van der Waals surface area contributed by atoms with Crippen molar-refractivity contribution in [1.29, 1.82) is 0 Å². The molecule has 7 nitrogen and oxygen atoms in total. The highest BCUT2D eigenvalue weighted by molar-refractivity contribution is 5.94. The summed E-state index contributed by atoms with van der Waals surface area (Å²) in [6.07, 6.45) is 4.66. The summed E-state index contributed by atoms with van der Waals surface area (Å²) >= 11 is 0. The van der Waals surface area contributed by atoms with Crippen LogP contribution in [-0.2, 0) is 9.59 Å². The van der Waals surface area contributed by atoms with Crippen LogP contribution in [-0.4, -0.2) is 53.1 Å². The number of rotatable bonds is 5. The fourth-order valence-corrected chi connectivity index (χ4v) is 3.21. The zero-order chi connectivity index (χ0) is 15.2. The summed E-state index contributed by atoms with van der Waals surface area (Å²) in [5, 5.41) is 13.6. The number of carbonyl (C=O) groups is 3. The van der Waals surface area contributed by atoms with E-state index in [4.69, 9.17) is 5.11 Å². The minimum atomic E-state index is -0.935. The normalized spacial score (nSPS) is 25.1. The van der Waals surface area contributed by atoms with Gasteiger partial charge >= 0.3 is 12.0 Å². The van der Waals surface area contributed by atoms with E-state index in [0.717, 1.165) is 25.9 Å². The van der Waals surface area contributed by atoms with E-state index in [1.165, 1.54) is 12.8 Å². The zero-order valence-corrected chi connectivity index (χ0v) is 12.1. The summed E-state index contributed by atoms with van der Waals surface area (Å²) in [4.78, 5) is 36.1. The van der Waals surface area contributed by atoms with Crippen LogP contribution in [0.15, 0.2) is 0 Å². The Balaban J connectivity index is 1.69. The number of carbonyl (C=O) groups excluding carboxylic acids is 2. The van der Waals surface area contributed by atoms with E-state index in [1.807, 2.05) is 0 Å². The summed E-state index contributed by atoms with van der Waals surface area (Å²) in [7, 11) is 0. The fraction of sp³-hybridized carbons (Fsp3) is 0.786. The second kappa shape index (κ2) is 7.40. The average molecular weight is 297 g/mol. The molecule has 7 heteroatoms. The minimum absolute atomic E-state index is 0.0555. The molecule has 0 aromatic heterocycles. The molecule has 2 atom stereocenters. The Morgan fingerprint density at radius 1 is 1.10 bits per heavy atom. The molecule has 2 fully saturated rings. The Morgan fingerprint density at radius 3 is 2.67 bits per heavy atom. The van der Waals surface area contributed by atoms with Crippen LogP contribution in [0.1, 0.15) is 44.9 Å². The Kier molecular flexibility index (Phi) is 5.55. The SMILES string of the molecule is O=C(O)CCCC(=O)NC(=O)NC1CCN2CCCCC12. The first-order valence-electron chi connectivity index (χ1n) is 7.62. The molecule has 0 aromatic carbocycles. The van der Waals surface area contributed by atoms with Gasteiger partial charge in [-0.25, -0.2) is 4.79 Å². The molecular formula is C14H23N3O4. The number of hydrogen-bond donors (Lipinski definition) is 3. The number of urea groups is 1. The number of aliphatic carboxylic acids is 1. The zero-order valence-electron chi connectivity index (χ0n) is 12.1. The van der Waals surface area contributed by atoms with Gasteiger partial charge in [0.2, 0.25) is 5.91 Å². The molecule has 0 spiro atoms. The van der Waals surface area contributed by atoms with E-state index in [2.05, 4.69) is 15.5 Å². The van der Waals surface area contributed by atoms with E-state index in [-0.39, 0.29) is 25.3 Å². The fourth-order valence-electron chi connectivity index (χ4n) is 3.21. The van der Waals surface area contributed by atoms with Crippen LogP contribution in [0.3, 0.4) is 0 Å². The molecule has 2 rings (SSSR count). The van der Waals surface area contributed by atoms with Crippen molar-refractivity contribution in [3.63, 3.8) is 0 Å². The molecule has 2 heterocycles. The summed E-state index contributed by atoms with van der Waals surface area (Å²) in [6.45, 7) is 2.10. The lowest BCUT2D eigenvalue weighted by atomic mass is 9.99. The van der Waals surface area contributed by atoms with E-state index in [1.54, 1.807) is 0 Å². The number of nitrogens with zero attached hydrogens (tertiary/aromatic N) is 1. The van der Waals surface area contributed by atoms with Crippen LogP contribution >= 0.6 is 0 Å². The average Bonchev–Trinajstić information content (AvgIpc) is 2.81. The largest absolute Gasteiger partial charge is 0.481 e. The number of carboxylic acids is 1. The molecule has 3 amide bonds. The maximum absolute atomic E-state index is 11.8. The monoisotopic (exact) mass is 297 g/mol. The third-order valence-electron chi connectivity index (χ3n) is 4.22. The Morgan fingerprint density at radius 2 is 1.90 bits per heavy atom. The molecule has 2 aliphatic rings. The van der Waals surface area contributed by atoms with Crippen LogP contribution in [0.25, 0.3) is 0 Å². The first-order valence-corrected chi connectivity index (χ1v) is 7.62. The van der Waals surface area contributed by atoms with Crippen LogP contribution < -0.4 is 10.6 Å². The lowest BCUT2D eigenvalue weighted by Gasteiger charge is -2.32. The first kappa shape index (κ1) is 15.8. The van der Waals surface area contributed by atoms with Gasteiger partial charge in [-0.05, 0) is 32.2 Å². The van der Waals surface area contributed by atoms with Crippen molar-refractivity contribution in [2.75, 3.05) is 13.1 Å². The van der Waals surface area contributed by atoms with Crippen molar-refractivity contribution in [1.82, 2.24) is 15.5 Å². The predicted octanol–water partition coefficient (Wildman–Crippen LogP) is 0.694. The van der Waals surface area contributed by atoms with E-state index in [9.17, 15) is 14.4 Å². The van der Waals surface area contributed by atoms with Gasteiger partial charge in [-0.15, -0.1) is 0 Å².